The average Bonchev–Trinajstić information content (AvgIpc) is 2.64. The van der Waals surface area contributed by atoms with Crippen LogP contribution >= 0.6 is 0 Å². The summed E-state index contributed by atoms with van der Waals surface area (Å²) in [6.07, 6.45) is 1.66. The number of hydrogen-bond donors (Lipinski definition) is 3. The first-order valence-electron chi connectivity index (χ1n) is 7.33. The van der Waals surface area contributed by atoms with Crippen LogP contribution in [0.3, 0.4) is 0 Å². The topological polar surface area (TPSA) is 166 Å². The van der Waals surface area contributed by atoms with Crippen LogP contribution < -0.4 is 5.73 Å². The molecular weight excluding hydrogens is 356 g/mol. The molecule has 1 heterocycles. The van der Waals surface area contributed by atoms with E-state index in [9.17, 15) is 20.2 Å². The number of non-ortho nitro benzene ring substituents is 2. The van der Waals surface area contributed by atoms with E-state index in [2.05, 4.69) is 4.98 Å². The zero-order valence-electron chi connectivity index (χ0n) is 13.9. The van der Waals surface area contributed by atoms with Gasteiger partial charge in [0.05, 0.1) is 9.85 Å². The van der Waals surface area contributed by atoms with Gasteiger partial charge in [-0.3, -0.25) is 20.2 Å². The molecule has 0 unspecified atom stereocenters. The number of phenolic OH excluding ortho intramolecular Hbond substituents is 2. The number of phenols is 2. The first-order chi connectivity index (χ1) is 12.8. The van der Waals surface area contributed by atoms with Crippen molar-refractivity contribution in [3.63, 3.8) is 0 Å². The molecular formula is C17H16N4O6. The molecule has 1 aromatic heterocycles. The quantitative estimate of drug-likeness (QED) is 0.455. The van der Waals surface area contributed by atoms with Gasteiger partial charge in [0.25, 0.3) is 11.4 Å². The molecule has 0 bridgehead atoms. The van der Waals surface area contributed by atoms with Gasteiger partial charge in [-0.25, -0.2) is 4.98 Å². The average molecular weight is 372 g/mol. The maximum Gasteiger partial charge on any atom is 0.269 e. The number of nitrogen functional groups attached to an aromatic ring is 1. The van der Waals surface area contributed by atoms with Crippen molar-refractivity contribution in [2.75, 3.05) is 5.73 Å². The summed E-state index contributed by atoms with van der Waals surface area (Å²) in [6.45, 7) is 0. The summed E-state index contributed by atoms with van der Waals surface area (Å²) in [6, 6.07) is 15.5. The SMILES string of the molecule is Nc1ccccn1.O=[N+]([O-])c1ccc(O)cc1.O=[N+]([O-])c1ccc(O)cc1. The van der Waals surface area contributed by atoms with E-state index in [-0.39, 0.29) is 22.9 Å². The second-order valence-corrected chi connectivity index (χ2v) is 4.80. The Hall–Kier alpha value is -4.21. The lowest BCUT2D eigenvalue weighted by atomic mass is 10.3. The summed E-state index contributed by atoms with van der Waals surface area (Å²) in [5, 5.41) is 37.5. The highest BCUT2D eigenvalue weighted by Gasteiger charge is 2.02. The Morgan fingerprint density at radius 3 is 1.37 bits per heavy atom. The second-order valence-electron chi connectivity index (χ2n) is 4.80. The molecule has 0 radical (unpaired) electrons. The summed E-state index contributed by atoms with van der Waals surface area (Å²) in [7, 11) is 0. The lowest BCUT2D eigenvalue weighted by molar-refractivity contribution is -0.385. The van der Waals surface area contributed by atoms with E-state index >= 15 is 0 Å². The van der Waals surface area contributed by atoms with Crippen LogP contribution in [0.1, 0.15) is 0 Å². The third-order valence-corrected chi connectivity index (χ3v) is 2.81. The van der Waals surface area contributed by atoms with Crippen LogP contribution in [-0.2, 0) is 0 Å². The van der Waals surface area contributed by atoms with E-state index in [1.54, 1.807) is 12.3 Å². The molecule has 2 aromatic carbocycles. The third-order valence-electron chi connectivity index (χ3n) is 2.81. The van der Waals surface area contributed by atoms with Crippen LogP contribution in [0.25, 0.3) is 0 Å². The van der Waals surface area contributed by atoms with Crippen LogP contribution in [0.4, 0.5) is 17.2 Å². The van der Waals surface area contributed by atoms with Crippen LogP contribution in [0.5, 0.6) is 11.5 Å². The lowest BCUT2D eigenvalue weighted by Gasteiger charge is -1.89. The van der Waals surface area contributed by atoms with E-state index in [1.165, 1.54) is 48.5 Å². The van der Waals surface area contributed by atoms with Gasteiger partial charge in [-0.1, -0.05) is 6.07 Å². The lowest BCUT2D eigenvalue weighted by Crippen LogP contribution is -1.85. The molecule has 0 aliphatic rings. The van der Waals surface area contributed by atoms with Crippen LogP contribution in [-0.4, -0.2) is 25.0 Å². The smallest absolute Gasteiger partial charge is 0.269 e. The van der Waals surface area contributed by atoms with Gasteiger partial charge in [0.15, 0.2) is 0 Å². The molecule has 10 nitrogen and oxygen atoms in total. The van der Waals surface area contributed by atoms with Crippen molar-refractivity contribution in [3.8, 4) is 11.5 Å². The first kappa shape index (κ1) is 20.8. The number of aromatic hydroxyl groups is 2. The number of nitrogens with two attached hydrogens (primary N) is 1. The number of pyridine rings is 1. The molecule has 0 aliphatic heterocycles. The third kappa shape index (κ3) is 8.44. The van der Waals surface area contributed by atoms with E-state index in [4.69, 9.17) is 15.9 Å². The zero-order chi connectivity index (χ0) is 20.2. The minimum Gasteiger partial charge on any atom is -0.508 e. The van der Waals surface area contributed by atoms with Gasteiger partial charge in [-0.05, 0) is 36.4 Å². The summed E-state index contributed by atoms with van der Waals surface area (Å²) in [5.41, 5.74) is 5.21. The van der Waals surface area contributed by atoms with E-state index in [1.807, 2.05) is 12.1 Å². The molecule has 0 atom stereocenters. The molecule has 10 heteroatoms. The Balaban J connectivity index is 0.000000206. The maximum atomic E-state index is 10.0. The van der Waals surface area contributed by atoms with Gasteiger partial charge < -0.3 is 15.9 Å². The highest BCUT2D eigenvalue weighted by molar-refractivity contribution is 5.35. The number of hydrogen-bond acceptors (Lipinski definition) is 8. The van der Waals surface area contributed by atoms with Gasteiger partial charge in [0.2, 0.25) is 0 Å². The number of anilines is 1. The van der Waals surface area contributed by atoms with Crippen molar-refractivity contribution in [2.45, 2.75) is 0 Å². The van der Waals surface area contributed by atoms with Gasteiger partial charge in [-0.2, -0.15) is 0 Å². The predicted molar refractivity (Wildman–Crippen MR) is 98.2 cm³/mol. The van der Waals surface area contributed by atoms with E-state index in [0.29, 0.717) is 5.82 Å². The molecule has 27 heavy (non-hydrogen) atoms. The standard InChI is InChI=1S/2C6H5NO3.C5H6N2/c2*8-6-3-1-5(2-4-6)7(9)10;6-5-3-1-2-4-7-5/h2*1-4,8H;1-4H,(H2,6,7). The van der Waals surface area contributed by atoms with Crippen molar-refractivity contribution >= 4 is 17.2 Å². The Kier molecular flexibility index (Phi) is 8.19. The van der Waals surface area contributed by atoms with Gasteiger partial charge in [0, 0.05) is 30.5 Å². The minimum absolute atomic E-state index is 0.0159. The van der Waals surface area contributed by atoms with Crippen molar-refractivity contribution < 1.29 is 20.1 Å². The fraction of sp³-hybridized carbons (Fsp3) is 0. The fourth-order valence-electron chi connectivity index (χ4n) is 1.52. The van der Waals surface area contributed by atoms with Crippen LogP contribution in [0.2, 0.25) is 0 Å². The van der Waals surface area contributed by atoms with Crippen LogP contribution in [0.15, 0.2) is 72.9 Å². The van der Waals surface area contributed by atoms with Gasteiger partial charge in [0.1, 0.15) is 17.3 Å². The summed E-state index contributed by atoms with van der Waals surface area (Å²) >= 11 is 0. The fourth-order valence-corrected chi connectivity index (χ4v) is 1.52. The van der Waals surface area contributed by atoms with Crippen LogP contribution in [0, 0.1) is 20.2 Å². The monoisotopic (exact) mass is 372 g/mol. The minimum atomic E-state index is -0.514. The molecule has 0 aliphatic carbocycles. The first-order valence-corrected chi connectivity index (χ1v) is 7.33. The van der Waals surface area contributed by atoms with E-state index < -0.39 is 9.85 Å². The Morgan fingerprint density at radius 2 is 1.15 bits per heavy atom. The molecule has 140 valence electrons. The Morgan fingerprint density at radius 1 is 0.741 bits per heavy atom. The summed E-state index contributed by atoms with van der Waals surface area (Å²) in [4.78, 5) is 22.8. The summed E-state index contributed by atoms with van der Waals surface area (Å²) in [5.74, 6) is 0.638. The molecule has 0 spiro atoms. The maximum absolute atomic E-state index is 10.0. The summed E-state index contributed by atoms with van der Waals surface area (Å²) < 4.78 is 0. The number of nitrogens with zero attached hydrogens (tertiary/aromatic N) is 3. The number of aromatic nitrogens is 1. The normalized spacial score (nSPS) is 9.04. The molecule has 3 rings (SSSR count). The highest BCUT2D eigenvalue weighted by Crippen LogP contribution is 2.15. The number of benzene rings is 2. The largest absolute Gasteiger partial charge is 0.508 e. The van der Waals surface area contributed by atoms with E-state index in [0.717, 1.165) is 0 Å². The van der Waals surface area contributed by atoms with Crippen molar-refractivity contribution in [2.24, 2.45) is 0 Å². The molecule has 3 aromatic rings. The Bertz CT molecular complexity index is 799. The zero-order valence-corrected chi connectivity index (χ0v) is 13.9. The van der Waals surface area contributed by atoms with Gasteiger partial charge >= 0.3 is 0 Å². The molecule has 0 saturated heterocycles. The number of nitro benzene ring substituents is 2. The van der Waals surface area contributed by atoms with Crippen molar-refractivity contribution in [1.82, 2.24) is 4.98 Å². The highest BCUT2D eigenvalue weighted by atomic mass is 16.6. The van der Waals surface area contributed by atoms with Crippen molar-refractivity contribution in [1.29, 1.82) is 0 Å². The molecule has 4 N–H and O–H groups in total. The molecule has 0 saturated carbocycles. The number of rotatable bonds is 2. The van der Waals surface area contributed by atoms with Crippen molar-refractivity contribution in [3.05, 3.63) is 93.2 Å². The molecule has 0 amide bonds. The Labute approximate surface area is 153 Å². The predicted octanol–water partition coefficient (Wildman–Crippen LogP) is 3.26. The molecule has 0 fully saturated rings. The van der Waals surface area contributed by atoms with Gasteiger partial charge in [-0.15, -0.1) is 0 Å². The number of nitro groups is 2. The second kappa shape index (κ2) is 10.6.